The minimum absolute atomic E-state index is 0.678. The van der Waals surface area contributed by atoms with Gasteiger partial charge >= 0.3 is 0 Å². The van der Waals surface area contributed by atoms with Gasteiger partial charge in [-0.1, -0.05) is 36.4 Å². The summed E-state index contributed by atoms with van der Waals surface area (Å²) in [5.41, 5.74) is 2.91. The standard InChI is InChI=1S/C21H20N2O2/c1-24-20-14-13-17(15-21(20)25-2)16-22-23(18-9-5-3-6-10-18)19-11-7-4-8-12-19/h3-16H,1-2H3/b22-16-. The first-order valence-electron chi connectivity index (χ1n) is 7.98. The van der Waals surface area contributed by atoms with Crippen LogP contribution in [-0.4, -0.2) is 20.4 Å². The monoisotopic (exact) mass is 332 g/mol. The van der Waals surface area contributed by atoms with E-state index in [4.69, 9.17) is 9.47 Å². The fourth-order valence-electron chi connectivity index (χ4n) is 2.48. The van der Waals surface area contributed by atoms with Crippen LogP contribution in [0, 0.1) is 0 Å². The highest BCUT2D eigenvalue weighted by molar-refractivity contribution is 5.83. The Balaban J connectivity index is 1.94. The summed E-state index contributed by atoms with van der Waals surface area (Å²) < 4.78 is 10.6. The normalized spacial score (nSPS) is 10.6. The van der Waals surface area contributed by atoms with Gasteiger partial charge in [0.25, 0.3) is 0 Å². The SMILES string of the molecule is COc1ccc(/C=N\N(c2ccccc2)c2ccccc2)cc1OC. The lowest BCUT2D eigenvalue weighted by atomic mass is 10.2. The Morgan fingerprint density at radius 1 is 0.720 bits per heavy atom. The second kappa shape index (κ2) is 8.02. The van der Waals surface area contributed by atoms with Gasteiger partial charge in [0.1, 0.15) is 0 Å². The third-order valence-electron chi connectivity index (χ3n) is 3.73. The zero-order valence-corrected chi connectivity index (χ0v) is 14.3. The third-order valence-corrected chi connectivity index (χ3v) is 3.73. The molecular weight excluding hydrogens is 312 g/mol. The Morgan fingerprint density at radius 3 is 1.80 bits per heavy atom. The smallest absolute Gasteiger partial charge is 0.161 e. The number of methoxy groups -OCH3 is 2. The van der Waals surface area contributed by atoms with E-state index in [1.165, 1.54) is 0 Å². The van der Waals surface area contributed by atoms with Crippen molar-refractivity contribution in [3.8, 4) is 11.5 Å². The quantitative estimate of drug-likeness (QED) is 0.477. The molecule has 0 aliphatic rings. The molecule has 0 spiro atoms. The Bertz CT molecular complexity index is 794. The molecule has 0 unspecified atom stereocenters. The number of ether oxygens (including phenoxy) is 2. The van der Waals surface area contributed by atoms with Gasteiger partial charge in [-0.2, -0.15) is 5.10 Å². The minimum Gasteiger partial charge on any atom is -0.493 e. The first-order chi connectivity index (χ1) is 12.3. The van der Waals surface area contributed by atoms with E-state index >= 15 is 0 Å². The lowest BCUT2D eigenvalue weighted by molar-refractivity contribution is 0.355. The van der Waals surface area contributed by atoms with E-state index in [1.807, 2.05) is 90.1 Å². The van der Waals surface area contributed by atoms with E-state index in [-0.39, 0.29) is 0 Å². The predicted molar refractivity (Wildman–Crippen MR) is 102 cm³/mol. The van der Waals surface area contributed by atoms with Crippen LogP contribution in [0.25, 0.3) is 0 Å². The summed E-state index contributed by atoms with van der Waals surface area (Å²) in [7, 11) is 3.25. The van der Waals surface area contributed by atoms with Gasteiger partial charge in [0.05, 0.1) is 31.8 Å². The largest absolute Gasteiger partial charge is 0.493 e. The summed E-state index contributed by atoms with van der Waals surface area (Å²) in [6.07, 6.45) is 1.81. The summed E-state index contributed by atoms with van der Waals surface area (Å²) in [6.45, 7) is 0. The van der Waals surface area contributed by atoms with Gasteiger partial charge < -0.3 is 9.47 Å². The maximum atomic E-state index is 5.35. The summed E-state index contributed by atoms with van der Waals surface area (Å²) in [5.74, 6) is 1.38. The first kappa shape index (κ1) is 16.6. The highest BCUT2D eigenvalue weighted by Crippen LogP contribution is 2.28. The minimum atomic E-state index is 0.678. The van der Waals surface area contributed by atoms with E-state index in [0.29, 0.717) is 11.5 Å². The topological polar surface area (TPSA) is 34.1 Å². The molecule has 25 heavy (non-hydrogen) atoms. The van der Waals surface area contributed by atoms with Gasteiger partial charge in [0, 0.05) is 0 Å². The number of benzene rings is 3. The molecule has 0 aromatic heterocycles. The van der Waals surface area contributed by atoms with Crippen molar-refractivity contribution in [3.05, 3.63) is 84.4 Å². The first-order valence-corrected chi connectivity index (χ1v) is 7.98. The van der Waals surface area contributed by atoms with Gasteiger partial charge in [-0.25, -0.2) is 5.01 Å². The lowest BCUT2D eigenvalue weighted by Crippen LogP contribution is -2.09. The number of para-hydroxylation sites is 2. The van der Waals surface area contributed by atoms with Crippen molar-refractivity contribution < 1.29 is 9.47 Å². The molecule has 0 fully saturated rings. The molecular formula is C21H20N2O2. The van der Waals surface area contributed by atoms with Crippen molar-refractivity contribution in [3.63, 3.8) is 0 Å². The Hall–Kier alpha value is -3.27. The Kier molecular flexibility index (Phi) is 5.32. The van der Waals surface area contributed by atoms with Gasteiger partial charge in [-0.15, -0.1) is 0 Å². The molecule has 0 bridgehead atoms. The average molecular weight is 332 g/mol. The van der Waals surface area contributed by atoms with Crippen LogP contribution < -0.4 is 14.5 Å². The highest BCUT2D eigenvalue weighted by Gasteiger charge is 2.07. The second-order valence-electron chi connectivity index (χ2n) is 5.34. The number of nitrogens with zero attached hydrogens (tertiary/aromatic N) is 2. The van der Waals surface area contributed by atoms with Crippen LogP contribution in [0.2, 0.25) is 0 Å². The van der Waals surface area contributed by atoms with E-state index in [0.717, 1.165) is 16.9 Å². The molecule has 0 heterocycles. The average Bonchev–Trinajstić information content (AvgIpc) is 2.69. The maximum Gasteiger partial charge on any atom is 0.161 e. The van der Waals surface area contributed by atoms with Crippen molar-refractivity contribution in [2.75, 3.05) is 19.2 Å². The van der Waals surface area contributed by atoms with Gasteiger partial charge in [-0.05, 0) is 48.0 Å². The molecule has 3 aromatic rings. The molecule has 4 heteroatoms. The molecule has 0 radical (unpaired) electrons. The van der Waals surface area contributed by atoms with Crippen LogP contribution in [0.15, 0.2) is 84.0 Å². The molecule has 0 saturated carbocycles. The van der Waals surface area contributed by atoms with E-state index in [1.54, 1.807) is 14.2 Å². The zero-order chi connectivity index (χ0) is 17.5. The number of hydrogen-bond acceptors (Lipinski definition) is 4. The number of hydrogen-bond donors (Lipinski definition) is 0. The highest BCUT2D eigenvalue weighted by atomic mass is 16.5. The molecule has 3 rings (SSSR count). The van der Waals surface area contributed by atoms with Crippen LogP contribution >= 0.6 is 0 Å². The van der Waals surface area contributed by atoms with Crippen molar-refractivity contribution in [2.45, 2.75) is 0 Å². The predicted octanol–water partition coefficient (Wildman–Crippen LogP) is 4.88. The molecule has 3 aromatic carbocycles. The summed E-state index contributed by atoms with van der Waals surface area (Å²) in [4.78, 5) is 0. The number of anilines is 2. The summed E-state index contributed by atoms with van der Waals surface area (Å²) >= 11 is 0. The fourth-order valence-corrected chi connectivity index (χ4v) is 2.48. The Morgan fingerprint density at radius 2 is 1.28 bits per heavy atom. The molecule has 0 aliphatic heterocycles. The molecule has 0 amide bonds. The summed E-state index contributed by atoms with van der Waals surface area (Å²) in [5, 5.41) is 6.58. The van der Waals surface area contributed by atoms with Crippen LogP contribution in [0.4, 0.5) is 11.4 Å². The van der Waals surface area contributed by atoms with Crippen molar-refractivity contribution in [1.82, 2.24) is 0 Å². The molecule has 0 aliphatic carbocycles. The molecule has 126 valence electrons. The zero-order valence-electron chi connectivity index (χ0n) is 14.3. The number of rotatable bonds is 6. The van der Waals surface area contributed by atoms with Crippen LogP contribution in [0.1, 0.15) is 5.56 Å². The van der Waals surface area contributed by atoms with Gasteiger partial charge in [0.2, 0.25) is 0 Å². The van der Waals surface area contributed by atoms with Crippen molar-refractivity contribution in [1.29, 1.82) is 0 Å². The van der Waals surface area contributed by atoms with Gasteiger partial charge in [-0.3, -0.25) is 0 Å². The van der Waals surface area contributed by atoms with Crippen LogP contribution in [0.3, 0.4) is 0 Å². The fraction of sp³-hybridized carbons (Fsp3) is 0.0952. The molecule has 0 atom stereocenters. The third kappa shape index (κ3) is 3.98. The molecule has 0 saturated heterocycles. The molecule has 4 nitrogen and oxygen atoms in total. The Labute approximate surface area is 147 Å². The van der Waals surface area contributed by atoms with Crippen molar-refractivity contribution in [2.24, 2.45) is 5.10 Å². The second-order valence-corrected chi connectivity index (χ2v) is 5.34. The lowest BCUT2D eigenvalue weighted by Gasteiger charge is -2.19. The van der Waals surface area contributed by atoms with E-state index < -0.39 is 0 Å². The van der Waals surface area contributed by atoms with E-state index in [2.05, 4.69) is 5.10 Å². The van der Waals surface area contributed by atoms with E-state index in [9.17, 15) is 0 Å². The number of hydrazone groups is 1. The summed E-state index contributed by atoms with van der Waals surface area (Å²) in [6, 6.07) is 25.8. The maximum absolute atomic E-state index is 5.35. The van der Waals surface area contributed by atoms with Crippen LogP contribution in [-0.2, 0) is 0 Å². The molecule has 0 N–H and O–H groups in total. The van der Waals surface area contributed by atoms with Gasteiger partial charge in [0.15, 0.2) is 11.5 Å². The van der Waals surface area contributed by atoms with Crippen LogP contribution in [0.5, 0.6) is 11.5 Å². The van der Waals surface area contributed by atoms with Crippen molar-refractivity contribution >= 4 is 17.6 Å².